The van der Waals surface area contributed by atoms with Crippen molar-refractivity contribution in [1.29, 1.82) is 0 Å². The lowest BCUT2D eigenvalue weighted by atomic mass is 9.79. The van der Waals surface area contributed by atoms with Crippen LogP contribution in [0.15, 0.2) is 24.3 Å². The van der Waals surface area contributed by atoms with E-state index in [-0.39, 0.29) is 7.12 Å². The van der Waals surface area contributed by atoms with Crippen LogP contribution < -0.4 is 5.46 Å². The summed E-state index contributed by atoms with van der Waals surface area (Å²) >= 11 is 0. The molecule has 1 heterocycles. The van der Waals surface area contributed by atoms with E-state index in [2.05, 4.69) is 6.07 Å². The lowest BCUT2D eigenvalue weighted by Gasteiger charge is -2.00. The average Bonchev–Trinajstić information content (AvgIpc) is 2.47. The Hall–Kier alpha value is -0.795. The molecule has 3 heteroatoms. The van der Waals surface area contributed by atoms with Gasteiger partial charge >= 0.3 is 7.12 Å². The Kier molecular flexibility index (Phi) is 1.68. The molecule has 0 radical (unpaired) electrons. The summed E-state index contributed by atoms with van der Waals surface area (Å²) < 4.78 is 10.5. The zero-order valence-electron chi connectivity index (χ0n) is 6.41. The minimum absolute atomic E-state index is 0.147. The Morgan fingerprint density at radius 3 is 3.09 bits per heavy atom. The number of rotatable bonds is 1. The highest BCUT2D eigenvalue weighted by Gasteiger charge is 2.28. The number of benzene rings is 1. The van der Waals surface area contributed by atoms with E-state index in [0.717, 1.165) is 5.46 Å². The summed E-state index contributed by atoms with van der Waals surface area (Å²) in [5.74, 6) is 0. The maximum Gasteiger partial charge on any atom is 0.494 e. The van der Waals surface area contributed by atoms with Crippen molar-refractivity contribution in [3.63, 3.8) is 0 Å². The number of fused-ring (bicyclic) bond motifs is 1. The first-order valence-electron chi connectivity index (χ1n) is 3.64. The molecular formula is C8H9BO2. The van der Waals surface area contributed by atoms with E-state index in [1.54, 1.807) is 7.11 Å². The third-order valence-corrected chi connectivity index (χ3v) is 1.91. The minimum Gasteiger partial charge on any atom is -0.410 e. The summed E-state index contributed by atoms with van der Waals surface area (Å²) in [4.78, 5) is 0. The van der Waals surface area contributed by atoms with E-state index in [9.17, 15) is 0 Å². The van der Waals surface area contributed by atoms with Gasteiger partial charge in [0, 0.05) is 7.11 Å². The second kappa shape index (κ2) is 2.68. The highest BCUT2D eigenvalue weighted by atomic mass is 16.6. The monoisotopic (exact) mass is 148 g/mol. The van der Waals surface area contributed by atoms with Crippen molar-refractivity contribution in [3.05, 3.63) is 29.8 Å². The minimum atomic E-state index is -0.147. The molecule has 0 saturated heterocycles. The van der Waals surface area contributed by atoms with Crippen LogP contribution >= 0.6 is 0 Å². The zero-order chi connectivity index (χ0) is 7.68. The third-order valence-electron chi connectivity index (χ3n) is 1.91. The molecule has 2 nitrogen and oxygen atoms in total. The molecule has 2 rings (SSSR count). The van der Waals surface area contributed by atoms with Gasteiger partial charge in [-0.3, -0.25) is 0 Å². The van der Waals surface area contributed by atoms with Crippen LogP contribution in [0, 0.1) is 0 Å². The van der Waals surface area contributed by atoms with E-state index in [4.69, 9.17) is 9.31 Å². The smallest absolute Gasteiger partial charge is 0.410 e. The van der Waals surface area contributed by atoms with Gasteiger partial charge in [0.2, 0.25) is 0 Å². The summed E-state index contributed by atoms with van der Waals surface area (Å²) in [7, 11) is 1.51. The molecule has 1 aromatic carbocycles. The van der Waals surface area contributed by atoms with Gasteiger partial charge in [0.25, 0.3) is 0 Å². The van der Waals surface area contributed by atoms with Crippen LogP contribution in [0.5, 0.6) is 0 Å². The number of hydrogen-bond donors (Lipinski definition) is 0. The van der Waals surface area contributed by atoms with Crippen LogP contribution in [-0.4, -0.2) is 14.2 Å². The van der Waals surface area contributed by atoms with Gasteiger partial charge in [-0.1, -0.05) is 24.3 Å². The van der Waals surface area contributed by atoms with E-state index in [1.165, 1.54) is 5.56 Å². The Morgan fingerprint density at radius 1 is 1.45 bits per heavy atom. The van der Waals surface area contributed by atoms with Gasteiger partial charge in [-0.15, -0.1) is 0 Å². The summed E-state index contributed by atoms with van der Waals surface area (Å²) in [5.41, 5.74) is 2.40. The molecule has 0 aromatic heterocycles. The molecule has 11 heavy (non-hydrogen) atoms. The van der Waals surface area contributed by atoms with Crippen LogP contribution in [0.25, 0.3) is 0 Å². The molecule has 0 bridgehead atoms. The summed E-state index contributed by atoms with van der Waals surface area (Å²) in [6.07, 6.45) is 0. The molecule has 0 spiro atoms. The maximum absolute atomic E-state index is 5.35. The second-order valence-electron chi connectivity index (χ2n) is 2.58. The zero-order valence-corrected chi connectivity index (χ0v) is 6.41. The van der Waals surface area contributed by atoms with Crippen molar-refractivity contribution in [2.24, 2.45) is 0 Å². The van der Waals surface area contributed by atoms with Gasteiger partial charge in [0.1, 0.15) is 0 Å². The van der Waals surface area contributed by atoms with Crippen molar-refractivity contribution in [1.82, 2.24) is 0 Å². The Balaban J connectivity index is 2.39. The van der Waals surface area contributed by atoms with Gasteiger partial charge in [-0.2, -0.15) is 0 Å². The van der Waals surface area contributed by atoms with Crippen LogP contribution in [0.1, 0.15) is 5.56 Å². The normalized spacial score (nSPS) is 15.2. The predicted molar refractivity (Wildman–Crippen MR) is 43.6 cm³/mol. The van der Waals surface area contributed by atoms with Gasteiger partial charge < -0.3 is 9.31 Å². The molecule has 1 aliphatic rings. The highest BCUT2D eigenvalue weighted by Crippen LogP contribution is 2.09. The van der Waals surface area contributed by atoms with Gasteiger partial charge in [0.05, 0.1) is 6.61 Å². The topological polar surface area (TPSA) is 18.5 Å². The van der Waals surface area contributed by atoms with Gasteiger partial charge in [0.15, 0.2) is 0 Å². The molecule has 1 aromatic rings. The van der Waals surface area contributed by atoms with Gasteiger partial charge in [-0.25, -0.2) is 0 Å². The van der Waals surface area contributed by atoms with Gasteiger partial charge in [-0.05, 0) is 11.0 Å². The average molecular weight is 148 g/mol. The van der Waals surface area contributed by atoms with Crippen LogP contribution in [-0.2, 0) is 15.9 Å². The third kappa shape index (κ3) is 1.06. The first-order chi connectivity index (χ1) is 5.42. The second-order valence-corrected chi connectivity index (χ2v) is 2.58. The highest BCUT2D eigenvalue weighted by molar-refractivity contribution is 6.62. The molecule has 0 atom stereocenters. The quantitative estimate of drug-likeness (QED) is 0.541. The Bertz CT molecular complexity index is 262. The molecule has 0 aliphatic carbocycles. The van der Waals surface area contributed by atoms with E-state index < -0.39 is 0 Å². The fourth-order valence-electron chi connectivity index (χ4n) is 1.35. The molecule has 0 unspecified atom stereocenters. The first kappa shape index (κ1) is 6.89. The SMILES string of the molecule is COB1OCc2ccccc21. The van der Waals surface area contributed by atoms with Crippen molar-refractivity contribution in [2.75, 3.05) is 7.11 Å². The van der Waals surface area contributed by atoms with Crippen molar-refractivity contribution >= 4 is 12.6 Å². The van der Waals surface area contributed by atoms with Crippen LogP contribution in [0.4, 0.5) is 0 Å². The predicted octanol–water partition coefficient (Wildman–Crippen LogP) is 0.558. The van der Waals surface area contributed by atoms with Crippen molar-refractivity contribution in [2.45, 2.75) is 6.61 Å². The molecule has 0 saturated carbocycles. The summed E-state index contributed by atoms with van der Waals surface area (Å²) in [5, 5.41) is 0. The first-order valence-corrected chi connectivity index (χ1v) is 3.64. The Labute approximate surface area is 66.3 Å². The largest absolute Gasteiger partial charge is 0.494 e. The lowest BCUT2D eigenvalue weighted by molar-refractivity contribution is 0.245. The van der Waals surface area contributed by atoms with E-state index in [0.29, 0.717) is 6.61 Å². The van der Waals surface area contributed by atoms with Crippen LogP contribution in [0.3, 0.4) is 0 Å². The molecule has 0 N–H and O–H groups in total. The standard InChI is InChI=1S/C8H9BO2/c1-10-9-8-5-3-2-4-7(8)6-11-9/h2-5H,6H2,1H3. The fourth-order valence-corrected chi connectivity index (χ4v) is 1.35. The molecule has 56 valence electrons. The van der Waals surface area contributed by atoms with Crippen LogP contribution in [0.2, 0.25) is 0 Å². The molecule has 0 amide bonds. The van der Waals surface area contributed by atoms with Crippen molar-refractivity contribution in [3.8, 4) is 0 Å². The Morgan fingerprint density at radius 2 is 2.27 bits per heavy atom. The van der Waals surface area contributed by atoms with E-state index >= 15 is 0 Å². The molecule has 0 fully saturated rings. The van der Waals surface area contributed by atoms with Crippen molar-refractivity contribution < 1.29 is 9.31 Å². The van der Waals surface area contributed by atoms with E-state index in [1.807, 2.05) is 18.2 Å². The summed E-state index contributed by atoms with van der Waals surface area (Å²) in [6.45, 7) is 0.675. The molecular weight excluding hydrogens is 139 g/mol. The number of hydrogen-bond acceptors (Lipinski definition) is 2. The summed E-state index contributed by atoms with van der Waals surface area (Å²) in [6, 6.07) is 8.12. The fraction of sp³-hybridized carbons (Fsp3) is 0.250. The lowest BCUT2D eigenvalue weighted by Crippen LogP contribution is -2.30. The maximum atomic E-state index is 5.35. The molecule has 1 aliphatic heterocycles.